The number of para-hydroxylation sites is 1. The molecule has 0 bridgehead atoms. The van der Waals surface area contributed by atoms with E-state index in [2.05, 4.69) is 4.98 Å². The number of hydrogen-bond acceptors (Lipinski definition) is 4. The minimum atomic E-state index is -0.723. The van der Waals surface area contributed by atoms with Gasteiger partial charge in [0.25, 0.3) is 0 Å². The number of nitrogens with two attached hydrogens (primary N) is 1. The van der Waals surface area contributed by atoms with Crippen molar-refractivity contribution < 1.29 is 9.52 Å². The number of nitrogens with zero attached hydrogens (tertiary/aromatic N) is 1. The highest BCUT2D eigenvalue weighted by atomic mass is 16.4. The maximum Gasteiger partial charge on any atom is 0.134 e. The number of anilines is 1. The van der Waals surface area contributed by atoms with Crippen LogP contribution in [0.15, 0.2) is 53.1 Å². The van der Waals surface area contributed by atoms with Crippen molar-refractivity contribution in [2.75, 3.05) is 5.73 Å². The minimum absolute atomic E-state index is 0.388. The first kappa shape index (κ1) is 11.7. The van der Waals surface area contributed by atoms with Crippen molar-refractivity contribution in [1.82, 2.24) is 4.98 Å². The van der Waals surface area contributed by atoms with E-state index in [1.165, 1.54) is 0 Å². The molecule has 4 heteroatoms. The molecule has 2 heterocycles. The number of furan rings is 1. The Balaban J connectivity index is 1.87. The van der Waals surface area contributed by atoms with Gasteiger partial charge in [0.2, 0.25) is 0 Å². The van der Waals surface area contributed by atoms with Crippen LogP contribution < -0.4 is 5.73 Å². The average Bonchev–Trinajstić information content (AvgIpc) is 2.85. The zero-order valence-electron chi connectivity index (χ0n) is 10.3. The number of aliphatic hydroxyl groups is 1. The molecular weight excluding hydrogens is 240 g/mol. The minimum Gasteiger partial charge on any atom is -0.458 e. The van der Waals surface area contributed by atoms with Gasteiger partial charge in [0.1, 0.15) is 23.3 Å². The lowest BCUT2D eigenvalue weighted by atomic mass is 10.1. The molecule has 0 fully saturated rings. The van der Waals surface area contributed by atoms with E-state index in [-0.39, 0.29) is 0 Å². The van der Waals surface area contributed by atoms with Gasteiger partial charge in [-0.05, 0) is 23.8 Å². The Bertz CT molecular complexity index is 673. The lowest BCUT2D eigenvalue weighted by Crippen LogP contribution is -2.04. The molecule has 0 amide bonds. The van der Waals surface area contributed by atoms with Crippen LogP contribution >= 0.6 is 0 Å². The molecule has 0 aliphatic carbocycles. The highest BCUT2D eigenvalue weighted by Crippen LogP contribution is 2.26. The summed E-state index contributed by atoms with van der Waals surface area (Å²) in [7, 11) is 0. The molecule has 0 saturated heterocycles. The van der Waals surface area contributed by atoms with Crippen molar-refractivity contribution in [2.45, 2.75) is 12.5 Å². The fourth-order valence-corrected chi connectivity index (χ4v) is 2.10. The second-order valence-electron chi connectivity index (χ2n) is 4.45. The molecule has 3 N–H and O–H groups in total. The molecule has 0 aliphatic heterocycles. The summed E-state index contributed by atoms with van der Waals surface area (Å²) in [5.41, 5.74) is 7.36. The van der Waals surface area contributed by atoms with Crippen LogP contribution in [0.5, 0.6) is 0 Å². The lowest BCUT2D eigenvalue weighted by Gasteiger charge is -2.08. The Hall–Kier alpha value is -2.33. The van der Waals surface area contributed by atoms with Gasteiger partial charge in [-0.3, -0.25) is 0 Å². The molecule has 4 nitrogen and oxygen atoms in total. The lowest BCUT2D eigenvalue weighted by molar-refractivity contribution is 0.152. The van der Waals surface area contributed by atoms with Crippen molar-refractivity contribution >= 4 is 16.8 Å². The summed E-state index contributed by atoms with van der Waals surface area (Å²) in [5, 5.41) is 11.2. The molecule has 0 saturated carbocycles. The summed E-state index contributed by atoms with van der Waals surface area (Å²) in [5.74, 6) is 0.988. The number of pyridine rings is 1. The van der Waals surface area contributed by atoms with Crippen LogP contribution in [0.4, 0.5) is 5.82 Å². The van der Waals surface area contributed by atoms with Gasteiger partial charge in [-0.25, -0.2) is 4.98 Å². The monoisotopic (exact) mass is 254 g/mol. The summed E-state index contributed by atoms with van der Waals surface area (Å²) in [6, 6.07) is 13.2. The Morgan fingerprint density at radius 3 is 2.84 bits per heavy atom. The largest absolute Gasteiger partial charge is 0.458 e. The van der Waals surface area contributed by atoms with E-state index < -0.39 is 6.10 Å². The third kappa shape index (κ3) is 2.30. The van der Waals surface area contributed by atoms with Gasteiger partial charge in [-0.2, -0.15) is 0 Å². The smallest absolute Gasteiger partial charge is 0.134 e. The van der Waals surface area contributed by atoms with E-state index >= 15 is 0 Å². The van der Waals surface area contributed by atoms with Crippen molar-refractivity contribution in [3.63, 3.8) is 0 Å². The summed E-state index contributed by atoms with van der Waals surface area (Å²) in [4.78, 5) is 4.00. The van der Waals surface area contributed by atoms with E-state index in [1.807, 2.05) is 36.4 Å². The Kier molecular flexibility index (Phi) is 2.93. The molecule has 0 radical (unpaired) electrons. The SMILES string of the molecule is Nc1ncccc1CC(O)c1cc2ccccc2o1. The van der Waals surface area contributed by atoms with Crippen LogP contribution in [0, 0.1) is 0 Å². The molecule has 1 unspecified atom stereocenters. The second kappa shape index (κ2) is 4.74. The van der Waals surface area contributed by atoms with Crippen molar-refractivity contribution in [1.29, 1.82) is 0 Å². The van der Waals surface area contributed by atoms with Gasteiger partial charge in [-0.15, -0.1) is 0 Å². The molecule has 1 aromatic carbocycles. The Morgan fingerprint density at radius 2 is 2.05 bits per heavy atom. The summed E-state index contributed by atoms with van der Waals surface area (Å²) in [6.45, 7) is 0. The average molecular weight is 254 g/mol. The Morgan fingerprint density at radius 1 is 1.21 bits per heavy atom. The summed E-state index contributed by atoms with van der Waals surface area (Å²) in [6.07, 6.45) is 1.30. The van der Waals surface area contributed by atoms with Crippen LogP contribution in [0.3, 0.4) is 0 Å². The number of aliphatic hydroxyl groups excluding tert-OH is 1. The van der Waals surface area contributed by atoms with Gasteiger partial charge in [0.15, 0.2) is 0 Å². The number of hydrogen-bond donors (Lipinski definition) is 2. The molecule has 96 valence electrons. The van der Waals surface area contributed by atoms with Crippen LogP contribution in [-0.2, 0) is 6.42 Å². The first-order valence-electron chi connectivity index (χ1n) is 6.10. The first-order chi connectivity index (χ1) is 9.24. The van der Waals surface area contributed by atoms with Gasteiger partial charge < -0.3 is 15.3 Å². The van der Waals surface area contributed by atoms with Crippen LogP contribution in [0.25, 0.3) is 11.0 Å². The highest BCUT2D eigenvalue weighted by Gasteiger charge is 2.15. The molecule has 19 heavy (non-hydrogen) atoms. The fraction of sp³-hybridized carbons (Fsp3) is 0.133. The third-order valence-electron chi connectivity index (χ3n) is 3.11. The van der Waals surface area contributed by atoms with Crippen molar-refractivity contribution in [3.05, 3.63) is 60.0 Å². The zero-order valence-corrected chi connectivity index (χ0v) is 10.3. The van der Waals surface area contributed by atoms with Crippen LogP contribution in [0.1, 0.15) is 17.4 Å². The number of rotatable bonds is 3. The zero-order chi connectivity index (χ0) is 13.2. The first-order valence-corrected chi connectivity index (χ1v) is 6.10. The van der Waals surface area contributed by atoms with Gasteiger partial charge >= 0.3 is 0 Å². The summed E-state index contributed by atoms with van der Waals surface area (Å²) >= 11 is 0. The fourth-order valence-electron chi connectivity index (χ4n) is 2.10. The molecule has 0 aliphatic rings. The quantitative estimate of drug-likeness (QED) is 0.753. The molecule has 3 rings (SSSR count). The number of fused-ring (bicyclic) bond motifs is 1. The molecular formula is C15H14N2O2. The molecule has 0 spiro atoms. The van der Waals surface area contributed by atoms with E-state index in [4.69, 9.17) is 10.2 Å². The van der Waals surface area contributed by atoms with E-state index in [9.17, 15) is 5.11 Å². The standard InChI is InChI=1S/C15H14N2O2/c16-15-11(5-3-7-17-15)8-12(18)14-9-10-4-1-2-6-13(10)19-14/h1-7,9,12,18H,8H2,(H2,16,17). The number of benzene rings is 1. The van der Waals surface area contributed by atoms with Crippen LogP contribution in [-0.4, -0.2) is 10.1 Å². The highest BCUT2D eigenvalue weighted by molar-refractivity contribution is 5.77. The third-order valence-corrected chi connectivity index (χ3v) is 3.11. The van der Waals surface area contributed by atoms with Gasteiger partial charge in [0.05, 0.1) is 0 Å². The predicted molar refractivity (Wildman–Crippen MR) is 73.5 cm³/mol. The van der Waals surface area contributed by atoms with Gasteiger partial charge in [0, 0.05) is 18.0 Å². The molecule has 1 atom stereocenters. The molecule has 3 aromatic rings. The van der Waals surface area contributed by atoms with Crippen LogP contribution in [0.2, 0.25) is 0 Å². The maximum absolute atomic E-state index is 10.2. The number of nitrogen functional groups attached to an aromatic ring is 1. The molecule has 2 aromatic heterocycles. The van der Waals surface area contributed by atoms with E-state index in [1.54, 1.807) is 12.3 Å². The normalized spacial score (nSPS) is 12.7. The number of aromatic nitrogens is 1. The predicted octanol–water partition coefficient (Wildman–Crippen LogP) is 2.69. The Labute approximate surface area is 110 Å². The van der Waals surface area contributed by atoms with Gasteiger partial charge in [-0.1, -0.05) is 24.3 Å². The second-order valence-corrected chi connectivity index (χ2v) is 4.45. The van der Waals surface area contributed by atoms with E-state index in [0.717, 1.165) is 16.5 Å². The topological polar surface area (TPSA) is 72.3 Å². The summed E-state index contributed by atoms with van der Waals surface area (Å²) < 4.78 is 5.63. The van der Waals surface area contributed by atoms with Crippen molar-refractivity contribution in [3.8, 4) is 0 Å². The van der Waals surface area contributed by atoms with E-state index in [0.29, 0.717) is 18.0 Å². The van der Waals surface area contributed by atoms with Crippen molar-refractivity contribution in [2.24, 2.45) is 0 Å². The maximum atomic E-state index is 10.2.